The number of fused-ring (bicyclic) bond motifs is 2. The summed E-state index contributed by atoms with van der Waals surface area (Å²) >= 11 is 3.50. The number of aromatic nitrogens is 2. The fraction of sp³-hybridized carbons (Fsp3) is 0. The number of halogens is 1. The van der Waals surface area contributed by atoms with Crippen LogP contribution in [0.25, 0.3) is 33.1 Å². The molecular weight excluding hydrogens is 324 g/mol. The molecule has 3 heteroatoms. The first-order valence-electron chi connectivity index (χ1n) is 6.71. The molecule has 0 saturated heterocycles. The normalized spacial score (nSPS) is 11.1. The first-order chi connectivity index (χ1) is 10.3. The molecule has 21 heavy (non-hydrogen) atoms. The smallest absolute Gasteiger partial charge is 0.0894 e. The molecule has 0 atom stereocenters. The van der Waals surface area contributed by atoms with E-state index in [-0.39, 0.29) is 0 Å². The maximum atomic E-state index is 4.70. The predicted octanol–water partition coefficient (Wildman–Crippen LogP) is 5.21. The van der Waals surface area contributed by atoms with Crippen LogP contribution in [0.5, 0.6) is 0 Å². The van der Waals surface area contributed by atoms with Crippen LogP contribution in [0.2, 0.25) is 0 Å². The van der Waals surface area contributed by atoms with Gasteiger partial charge in [-0.3, -0.25) is 4.98 Å². The van der Waals surface area contributed by atoms with Gasteiger partial charge in [-0.1, -0.05) is 46.3 Å². The van der Waals surface area contributed by atoms with Crippen LogP contribution in [0.3, 0.4) is 0 Å². The number of benzene rings is 3. The number of hydrogen-bond donors (Lipinski definition) is 0. The van der Waals surface area contributed by atoms with Crippen molar-refractivity contribution in [3.05, 3.63) is 71.3 Å². The Morgan fingerprint density at radius 3 is 2.43 bits per heavy atom. The number of rotatable bonds is 1. The second-order valence-corrected chi connectivity index (χ2v) is 5.87. The van der Waals surface area contributed by atoms with Gasteiger partial charge in [-0.2, -0.15) is 0 Å². The molecule has 0 N–H and O–H groups in total. The van der Waals surface area contributed by atoms with E-state index in [0.29, 0.717) is 0 Å². The summed E-state index contributed by atoms with van der Waals surface area (Å²) in [6.45, 7) is 0. The maximum Gasteiger partial charge on any atom is 0.0894 e. The van der Waals surface area contributed by atoms with Crippen LogP contribution in [-0.4, -0.2) is 9.97 Å². The van der Waals surface area contributed by atoms with E-state index in [1.165, 1.54) is 10.8 Å². The molecule has 0 amide bonds. The van der Waals surface area contributed by atoms with Gasteiger partial charge in [0.2, 0.25) is 0 Å². The molecule has 0 aliphatic carbocycles. The van der Waals surface area contributed by atoms with Gasteiger partial charge in [0.05, 0.1) is 22.9 Å². The Morgan fingerprint density at radius 1 is 0.762 bits per heavy atom. The van der Waals surface area contributed by atoms with Crippen molar-refractivity contribution < 1.29 is 0 Å². The maximum absolute atomic E-state index is 4.70. The van der Waals surface area contributed by atoms with Crippen LogP contribution in [0.15, 0.2) is 71.3 Å². The molecule has 0 aliphatic rings. The molecular formula is C18H11BrN2. The first-order valence-corrected chi connectivity index (χ1v) is 7.50. The fourth-order valence-corrected chi connectivity index (χ4v) is 2.85. The van der Waals surface area contributed by atoms with E-state index in [0.717, 1.165) is 26.8 Å². The third-order valence-corrected chi connectivity index (χ3v) is 4.04. The average molecular weight is 335 g/mol. The van der Waals surface area contributed by atoms with Gasteiger partial charge in [-0.25, -0.2) is 4.98 Å². The van der Waals surface area contributed by atoms with Crippen molar-refractivity contribution in [2.24, 2.45) is 0 Å². The molecule has 0 bridgehead atoms. The van der Waals surface area contributed by atoms with Gasteiger partial charge in [0.15, 0.2) is 0 Å². The van der Waals surface area contributed by atoms with Gasteiger partial charge >= 0.3 is 0 Å². The van der Waals surface area contributed by atoms with E-state index in [9.17, 15) is 0 Å². The molecule has 0 unspecified atom stereocenters. The fourth-order valence-electron chi connectivity index (χ4n) is 2.47. The molecule has 0 saturated carbocycles. The van der Waals surface area contributed by atoms with Crippen LogP contribution in [0.1, 0.15) is 0 Å². The van der Waals surface area contributed by atoms with Gasteiger partial charge in [0.25, 0.3) is 0 Å². The minimum absolute atomic E-state index is 0.901. The van der Waals surface area contributed by atoms with E-state index in [1.54, 1.807) is 0 Å². The van der Waals surface area contributed by atoms with E-state index < -0.39 is 0 Å². The molecule has 2 nitrogen and oxygen atoms in total. The summed E-state index contributed by atoms with van der Waals surface area (Å²) in [6.07, 6.45) is 1.84. The summed E-state index contributed by atoms with van der Waals surface area (Å²) in [4.78, 5) is 9.18. The summed E-state index contributed by atoms with van der Waals surface area (Å²) in [5, 5.41) is 2.41. The highest BCUT2D eigenvalue weighted by atomic mass is 79.9. The summed E-state index contributed by atoms with van der Waals surface area (Å²) in [6, 6.07) is 20.6. The lowest BCUT2D eigenvalue weighted by Crippen LogP contribution is -1.88. The molecule has 100 valence electrons. The van der Waals surface area contributed by atoms with E-state index in [4.69, 9.17) is 4.98 Å². The summed E-state index contributed by atoms with van der Waals surface area (Å²) in [5.41, 5.74) is 3.83. The summed E-state index contributed by atoms with van der Waals surface area (Å²) in [5.74, 6) is 0. The van der Waals surface area contributed by atoms with Crippen LogP contribution in [-0.2, 0) is 0 Å². The standard InChI is InChI=1S/C18H11BrN2/c19-15-8-7-12-9-14(6-5-13(12)10-15)18-11-20-16-3-1-2-4-17(16)21-18/h1-11H. The lowest BCUT2D eigenvalue weighted by molar-refractivity contribution is 1.29. The van der Waals surface area contributed by atoms with Crippen LogP contribution >= 0.6 is 15.9 Å². The quantitative estimate of drug-likeness (QED) is 0.477. The Hall–Kier alpha value is -2.26. The number of nitrogens with zero attached hydrogens (tertiary/aromatic N) is 2. The third kappa shape index (κ3) is 2.30. The molecule has 1 heterocycles. The Bertz CT molecular complexity index is 963. The van der Waals surface area contributed by atoms with Gasteiger partial charge in [0.1, 0.15) is 0 Å². The van der Waals surface area contributed by atoms with Gasteiger partial charge in [0, 0.05) is 10.0 Å². The Morgan fingerprint density at radius 2 is 1.52 bits per heavy atom. The van der Waals surface area contributed by atoms with Crippen LogP contribution in [0, 0.1) is 0 Å². The first kappa shape index (κ1) is 12.5. The SMILES string of the molecule is Brc1ccc2cc(-c3cnc4ccccc4n3)ccc2c1. The second kappa shape index (κ2) is 4.93. The number of hydrogen-bond acceptors (Lipinski definition) is 2. The van der Waals surface area contributed by atoms with Crippen LogP contribution in [0.4, 0.5) is 0 Å². The minimum Gasteiger partial charge on any atom is -0.252 e. The van der Waals surface area contributed by atoms with Crippen molar-refractivity contribution in [1.82, 2.24) is 9.97 Å². The topological polar surface area (TPSA) is 25.8 Å². The zero-order valence-corrected chi connectivity index (χ0v) is 12.7. The number of para-hydroxylation sites is 2. The summed E-state index contributed by atoms with van der Waals surface area (Å²) < 4.78 is 1.09. The Labute approximate surface area is 130 Å². The molecule has 3 aromatic carbocycles. The van der Waals surface area contributed by atoms with Crippen LogP contribution < -0.4 is 0 Å². The molecule has 4 rings (SSSR count). The van der Waals surface area contributed by atoms with Crippen molar-refractivity contribution >= 4 is 37.7 Å². The van der Waals surface area contributed by atoms with Crippen molar-refractivity contribution in [3.8, 4) is 11.3 Å². The van der Waals surface area contributed by atoms with Gasteiger partial charge in [-0.05, 0) is 41.1 Å². The highest BCUT2D eigenvalue weighted by Crippen LogP contribution is 2.26. The largest absolute Gasteiger partial charge is 0.252 e. The van der Waals surface area contributed by atoms with E-state index >= 15 is 0 Å². The molecule has 0 aliphatic heterocycles. The molecule has 1 aromatic heterocycles. The monoisotopic (exact) mass is 334 g/mol. The Kier molecular flexibility index (Phi) is 2.93. The second-order valence-electron chi connectivity index (χ2n) is 4.95. The predicted molar refractivity (Wildman–Crippen MR) is 90.2 cm³/mol. The molecule has 0 fully saturated rings. The van der Waals surface area contributed by atoms with Crippen molar-refractivity contribution in [3.63, 3.8) is 0 Å². The highest BCUT2D eigenvalue weighted by Gasteiger charge is 2.04. The van der Waals surface area contributed by atoms with Gasteiger partial charge < -0.3 is 0 Å². The molecule has 0 radical (unpaired) electrons. The Balaban J connectivity index is 1.89. The zero-order valence-electron chi connectivity index (χ0n) is 11.1. The van der Waals surface area contributed by atoms with Gasteiger partial charge in [-0.15, -0.1) is 0 Å². The van der Waals surface area contributed by atoms with Crippen molar-refractivity contribution in [2.75, 3.05) is 0 Å². The lowest BCUT2D eigenvalue weighted by Gasteiger charge is -2.05. The average Bonchev–Trinajstić information content (AvgIpc) is 2.54. The minimum atomic E-state index is 0.901. The molecule has 0 spiro atoms. The third-order valence-electron chi connectivity index (χ3n) is 3.55. The van der Waals surface area contributed by atoms with Crippen molar-refractivity contribution in [1.29, 1.82) is 0 Å². The zero-order chi connectivity index (χ0) is 14.2. The molecule has 4 aromatic rings. The highest BCUT2D eigenvalue weighted by molar-refractivity contribution is 9.10. The van der Waals surface area contributed by atoms with E-state index in [2.05, 4.69) is 57.3 Å². The van der Waals surface area contributed by atoms with Crippen molar-refractivity contribution in [2.45, 2.75) is 0 Å². The lowest BCUT2D eigenvalue weighted by atomic mass is 10.1. The van der Waals surface area contributed by atoms with E-state index in [1.807, 2.05) is 30.5 Å². The summed E-state index contributed by atoms with van der Waals surface area (Å²) in [7, 11) is 0.